The van der Waals surface area contributed by atoms with Crippen LogP contribution in [0.3, 0.4) is 0 Å². The molecule has 0 unspecified atom stereocenters. The first-order chi connectivity index (χ1) is 17.3. The molecular weight excluding hydrogens is 494 g/mol. The van der Waals surface area contributed by atoms with Gasteiger partial charge in [0.05, 0.1) is 16.7 Å². The molecule has 1 aromatic heterocycles. The molecule has 9 heteroatoms. The molecule has 0 saturated carbocycles. The Bertz CT molecular complexity index is 1550. The molecule has 3 aromatic carbocycles. The Morgan fingerprint density at radius 1 is 1.03 bits per heavy atom. The zero-order chi connectivity index (χ0) is 25.9. The third-order valence-electron chi connectivity index (χ3n) is 6.01. The van der Waals surface area contributed by atoms with Crippen molar-refractivity contribution in [1.82, 2.24) is 8.87 Å². The van der Waals surface area contributed by atoms with Crippen molar-refractivity contribution in [2.24, 2.45) is 4.99 Å². The Hall–Kier alpha value is -3.27. The minimum atomic E-state index is -3.72. The number of amides is 1. The predicted molar refractivity (Wildman–Crippen MR) is 143 cm³/mol. The Balaban J connectivity index is 1.65. The number of methoxy groups -OCH3 is 1. The normalized spacial score (nSPS) is 12.4. The van der Waals surface area contributed by atoms with E-state index in [1.54, 1.807) is 7.11 Å². The number of carbonyl (C=O) groups excluding carboxylic acids is 1. The van der Waals surface area contributed by atoms with Crippen molar-refractivity contribution in [3.8, 4) is 5.75 Å². The number of nitrogens with zero attached hydrogens (tertiary/aromatic N) is 3. The maximum atomic E-state index is 13.2. The number of hydrogen-bond acceptors (Lipinski definition) is 5. The summed E-state index contributed by atoms with van der Waals surface area (Å²) < 4.78 is 36.4. The van der Waals surface area contributed by atoms with Crippen LogP contribution in [0.15, 0.2) is 76.6 Å². The molecule has 0 spiro atoms. The van der Waals surface area contributed by atoms with Gasteiger partial charge in [-0.1, -0.05) is 54.7 Å². The lowest BCUT2D eigenvalue weighted by atomic mass is 10.2. The highest BCUT2D eigenvalue weighted by molar-refractivity contribution is 7.89. The van der Waals surface area contributed by atoms with Gasteiger partial charge in [0.2, 0.25) is 10.0 Å². The summed E-state index contributed by atoms with van der Waals surface area (Å²) >= 11 is 1.44. The van der Waals surface area contributed by atoms with Gasteiger partial charge in [-0.15, -0.1) is 0 Å². The summed E-state index contributed by atoms with van der Waals surface area (Å²) in [5.41, 5.74) is 3.23. The van der Waals surface area contributed by atoms with Crippen LogP contribution in [-0.4, -0.2) is 36.9 Å². The first-order valence-corrected chi connectivity index (χ1v) is 14.0. The van der Waals surface area contributed by atoms with E-state index in [0.29, 0.717) is 23.5 Å². The smallest absolute Gasteiger partial charge is 0.279 e. The number of aromatic nitrogens is 1. The van der Waals surface area contributed by atoms with E-state index in [-0.39, 0.29) is 11.4 Å². The number of sulfonamides is 1. The van der Waals surface area contributed by atoms with Crippen LogP contribution in [0.2, 0.25) is 0 Å². The van der Waals surface area contributed by atoms with Gasteiger partial charge in [-0.05, 0) is 55.3 Å². The summed E-state index contributed by atoms with van der Waals surface area (Å²) in [4.78, 5) is 18.1. The lowest BCUT2D eigenvalue weighted by Gasteiger charge is -2.20. The highest BCUT2D eigenvalue weighted by Gasteiger charge is 2.23. The van der Waals surface area contributed by atoms with Crippen LogP contribution in [0.5, 0.6) is 5.75 Å². The largest absolute Gasteiger partial charge is 0.495 e. The molecule has 7 nitrogen and oxygen atoms in total. The molecule has 0 radical (unpaired) electrons. The van der Waals surface area contributed by atoms with Gasteiger partial charge in [0, 0.05) is 25.2 Å². The van der Waals surface area contributed by atoms with Gasteiger partial charge < -0.3 is 9.30 Å². The molecular formula is C27H29N3O4S2. The van der Waals surface area contributed by atoms with E-state index in [4.69, 9.17) is 4.74 Å². The molecule has 188 valence electrons. The van der Waals surface area contributed by atoms with E-state index in [9.17, 15) is 13.2 Å². The number of aryl methyl sites for hydroxylation is 2. The van der Waals surface area contributed by atoms with E-state index < -0.39 is 15.9 Å². The molecule has 0 saturated heterocycles. The molecule has 0 atom stereocenters. The molecule has 0 N–H and O–H groups in total. The standard InChI is InChI=1S/C27H29N3O4S2/c1-5-29(18-20-10-8-7-9-11-20)36(32,33)22-15-13-21(14-16-22)26(31)28-27-30(6-2)24-23(34-4)17-12-19(3)25(24)35-27/h7-17H,5-6,18H2,1-4H3. The van der Waals surface area contributed by atoms with Gasteiger partial charge in [-0.25, -0.2) is 8.42 Å². The average molecular weight is 524 g/mol. The number of carbonyl (C=O) groups is 1. The summed E-state index contributed by atoms with van der Waals surface area (Å²) in [5, 5.41) is 0. The summed E-state index contributed by atoms with van der Waals surface area (Å²) in [6.07, 6.45) is 0. The number of benzene rings is 3. The number of fused-ring (bicyclic) bond motifs is 1. The first kappa shape index (κ1) is 25.8. The summed E-state index contributed by atoms with van der Waals surface area (Å²) in [7, 11) is -2.09. The van der Waals surface area contributed by atoms with Crippen LogP contribution in [0.25, 0.3) is 10.2 Å². The van der Waals surface area contributed by atoms with Crippen molar-refractivity contribution in [2.75, 3.05) is 13.7 Å². The lowest BCUT2D eigenvalue weighted by molar-refractivity contribution is 0.0997. The van der Waals surface area contributed by atoms with Crippen LogP contribution < -0.4 is 9.54 Å². The molecule has 0 bridgehead atoms. The minimum absolute atomic E-state index is 0.141. The number of thiazole rings is 1. The quantitative estimate of drug-likeness (QED) is 0.326. The number of ether oxygens (including phenoxy) is 1. The van der Waals surface area contributed by atoms with E-state index in [1.165, 1.54) is 39.9 Å². The summed E-state index contributed by atoms with van der Waals surface area (Å²) in [6, 6.07) is 19.3. The maximum Gasteiger partial charge on any atom is 0.279 e. The Labute approximate surface area is 215 Å². The summed E-state index contributed by atoms with van der Waals surface area (Å²) in [5.74, 6) is 0.300. The topological polar surface area (TPSA) is 81.0 Å². The fourth-order valence-corrected chi connectivity index (χ4v) is 6.66. The Morgan fingerprint density at radius 3 is 2.33 bits per heavy atom. The van der Waals surface area contributed by atoms with Crippen LogP contribution in [-0.2, 0) is 23.1 Å². The van der Waals surface area contributed by atoms with Gasteiger partial charge in [0.25, 0.3) is 5.91 Å². The Kier molecular flexibility index (Phi) is 7.73. The lowest BCUT2D eigenvalue weighted by Crippen LogP contribution is -2.30. The van der Waals surface area contributed by atoms with Gasteiger partial charge in [-0.3, -0.25) is 4.79 Å². The minimum Gasteiger partial charge on any atom is -0.495 e. The van der Waals surface area contributed by atoms with Gasteiger partial charge in [0.1, 0.15) is 11.3 Å². The Morgan fingerprint density at radius 2 is 1.72 bits per heavy atom. The molecule has 0 fully saturated rings. The van der Waals surface area contributed by atoms with Crippen molar-refractivity contribution in [3.05, 3.63) is 88.2 Å². The van der Waals surface area contributed by atoms with Gasteiger partial charge in [-0.2, -0.15) is 9.30 Å². The van der Waals surface area contributed by atoms with E-state index >= 15 is 0 Å². The predicted octanol–water partition coefficient (Wildman–Crippen LogP) is 4.99. The van der Waals surface area contributed by atoms with Crippen molar-refractivity contribution >= 4 is 37.5 Å². The zero-order valence-corrected chi connectivity index (χ0v) is 22.4. The van der Waals surface area contributed by atoms with Gasteiger partial charge in [0.15, 0.2) is 4.80 Å². The van der Waals surface area contributed by atoms with Crippen LogP contribution in [0.4, 0.5) is 0 Å². The third-order valence-corrected chi connectivity index (χ3v) is 9.16. The zero-order valence-electron chi connectivity index (χ0n) is 20.8. The molecule has 0 aliphatic rings. The molecule has 4 rings (SSSR count). The molecule has 4 aromatic rings. The monoisotopic (exact) mass is 523 g/mol. The maximum absolute atomic E-state index is 13.2. The SMILES string of the molecule is CCN(Cc1ccccc1)S(=O)(=O)c1ccc(C(=O)N=c2sc3c(C)ccc(OC)c3n2CC)cc1. The molecule has 0 aliphatic carbocycles. The van der Waals surface area contributed by atoms with Crippen molar-refractivity contribution in [2.45, 2.75) is 38.8 Å². The fraction of sp³-hybridized carbons (Fsp3) is 0.259. The molecule has 1 heterocycles. The third kappa shape index (κ3) is 5.00. The molecule has 36 heavy (non-hydrogen) atoms. The van der Waals surface area contributed by atoms with Crippen molar-refractivity contribution in [3.63, 3.8) is 0 Å². The second-order valence-corrected chi connectivity index (χ2v) is 11.2. The van der Waals surface area contributed by atoms with E-state index in [2.05, 4.69) is 4.99 Å². The molecule has 1 amide bonds. The van der Waals surface area contributed by atoms with Crippen LogP contribution in [0.1, 0.15) is 35.3 Å². The summed E-state index contributed by atoms with van der Waals surface area (Å²) in [6.45, 7) is 7.05. The highest BCUT2D eigenvalue weighted by Crippen LogP contribution is 2.30. The highest BCUT2D eigenvalue weighted by atomic mass is 32.2. The average Bonchev–Trinajstić information content (AvgIpc) is 3.27. The number of rotatable bonds is 8. The van der Waals surface area contributed by atoms with E-state index in [0.717, 1.165) is 27.1 Å². The first-order valence-electron chi connectivity index (χ1n) is 11.7. The van der Waals surface area contributed by atoms with Crippen molar-refractivity contribution in [1.29, 1.82) is 0 Å². The van der Waals surface area contributed by atoms with Crippen LogP contribution >= 0.6 is 11.3 Å². The second kappa shape index (κ2) is 10.8. The fourth-order valence-electron chi connectivity index (χ4n) is 4.05. The second-order valence-electron chi connectivity index (χ2n) is 8.25. The number of hydrogen-bond donors (Lipinski definition) is 0. The van der Waals surface area contributed by atoms with Gasteiger partial charge >= 0.3 is 0 Å². The van der Waals surface area contributed by atoms with E-state index in [1.807, 2.05) is 67.8 Å². The van der Waals surface area contributed by atoms with Crippen molar-refractivity contribution < 1.29 is 17.9 Å². The van der Waals surface area contributed by atoms with Crippen LogP contribution in [0, 0.1) is 6.92 Å². The molecule has 0 aliphatic heterocycles.